The Bertz CT molecular complexity index is 487. The summed E-state index contributed by atoms with van der Waals surface area (Å²) >= 11 is 0. The number of hydrogen-bond acceptors (Lipinski definition) is 4. The summed E-state index contributed by atoms with van der Waals surface area (Å²) in [5.74, 6) is 0.404. The maximum absolute atomic E-state index is 12.6. The highest BCUT2D eigenvalue weighted by molar-refractivity contribution is 5.83. The molecule has 118 valence electrons. The van der Waals surface area contributed by atoms with E-state index in [-0.39, 0.29) is 12.0 Å². The molecule has 0 amide bonds. The average molecular weight is 293 g/mol. The van der Waals surface area contributed by atoms with E-state index in [9.17, 15) is 4.79 Å². The molecule has 4 nitrogen and oxygen atoms in total. The number of rotatable bonds is 7. The van der Waals surface area contributed by atoms with Gasteiger partial charge in [0.2, 0.25) is 0 Å². The molecule has 21 heavy (non-hydrogen) atoms. The predicted octanol–water partition coefficient (Wildman–Crippen LogP) is 3.17. The molecule has 4 heteroatoms. The Morgan fingerprint density at radius 3 is 2.57 bits per heavy atom. The molecule has 1 rings (SSSR count). The topological polar surface area (TPSA) is 47.6 Å². The number of carbonyl (C=O) groups is 1. The molecule has 0 aromatic heterocycles. The van der Waals surface area contributed by atoms with Crippen LogP contribution in [0.3, 0.4) is 0 Å². The molecule has 0 aliphatic carbocycles. The lowest BCUT2D eigenvalue weighted by molar-refractivity contribution is -0.151. The van der Waals surface area contributed by atoms with Gasteiger partial charge in [0.15, 0.2) is 0 Å². The average Bonchev–Trinajstić information content (AvgIpc) is 2.47. The van der Waals surface area contributed by atoms with Gasteiger partial charge in [-0.2, -0.15) is 0 Å². The maximum atomic E-state index is 12.6. The monoisotopic (exact) mass is 293 g/mol. The van der Waals surface area contributed by atoms with E-state index >= 15 is 0 Å². The normalized spacial score (nSPS) is 15.1. The smallest absolute Gasteiger partial charge is 0.330 e. The van der Waals surface area contributed by atoms with Crippen LogP contribution in [-0.2, 0) is 15.1 Å². The van der Waals surface area contributed by atoms with Gasteiger partial charge in [-0.25, -0.2) is 4.79 Å². The third-order valence-corrected chi connectivity index (χ3v) is 3.72. The van der Waals surface area contributed by atoms with Gasteiger partial charge in [0, 0.05) is 11.6 Å². The third-order valence-electron chi connectivity index (χ3n) is 3.72. The Labute approximate surface area is 127 Å². The van der Waals surface area contributed by atoms with Crippen LogP contribution in [0.25, 0.3) is 0 Å². The number of aryl methyl sites for hydroxylation is 1. The Hall–Kier alpha value is -1.55. The number of ether oxygens (including phenoxy) is 2. The van der Waals surface area contributed by atoms with Gasteiger partial charge in [0.25, 0.3) is 0 Å². The summed E-state index contributed by atoms with van der Waals surface area (Å²) in [6.07, 6.45) is 0.920. The molecule has 0 fully saturated rings. The quantitative estimate of drug-likeness (QED) is 0.784. The van der Waals surface area contributed by atoms with Crippen molar-refractivity contribution in [2.45, 2.75) is 52.6 Å². The molecular weight excluding hydrogens is 266 g/mol. The van der Waals surface area contributed by atoms with Crippen LogP contribution in [-0.4, -0.2) is 25.7 Å². The first-order chi connectivity index (χ1) is 9.88. The second kappa shape index (κ2) is 7.46. The third kappa shape index (κ3) is 3.97. The molecule has 0 heterocycles. The highest BCUT2D eigenvalue weighted by Crippen LogP contribution is 2.32. The van der Waals surface area contributed by atoms with Crippen molar-refractivity contribution in [3.05, 3.63) is 29.3 Å². The summed E-state index contributed by atoms with van der Waals surface area (Å²) < 4.78 is 10.7. The number of carbonyl (C=O) groups excluding carboxylic acids is 1. The zero-order chi connectivity index (χ0) is 16.0. The highest BCUT2D eigenvalue weighted by Gasteiger charge is 2.39. The van der Waals surface area contributed by atoms with E-state index in [4.69, 9.17) is 9.47 Å². The SMILES string of the molecule is CCOC(=O)C(C)(NC(C)CC)c1cc(C)ccc1OC. The Balaban J connectivity index is 3.35. The number of esters is 1. The fourth-order valence-corrected chi connectivity index (χ4v) is 2.33. The molecule has 2 unspecified atom stereocenters. The number of methoxy groups -OCH3 is 1. The molecule has 1 aromatic rings. The number of hydrogen-bond donors (Lipinski definition) is 1. The Kier molecular flexibility index (Phi) is 6.21. The van der Waals surface area contributed by atoms with Gasteiger partial charge in [-0.3, -0.25) is 5.32 Å². The summed E-state index contributed by atoms with van der Waals surface area (Å²) in [6.45, 7) is 10.2. The first kappa shape index (κ1) is 17.5. The molecule has 0 radical (unpaired) electrons. The van der Waals surface area contributed by atoms with Crippen molar-refractivity contribution in [3.63, 3.8) is 0 Å². The fraction of sp³-hybridized carbons (Fsp3) is 0.588. The Morgan fingerprint density at radius 2 is 2.05 bits per heavy atom. The molecule has 0 spiro atoms. The van der Waals surface area contributed by atoms with Crippen molar-refractivity contribution in [2.75, 3.05) is 13.7 Å². The molecule has 0 aliphatic heterocycles. The molecule has 0 aliphatic rings. The van der Waals surface area contributed by atoms with Crippen LogP contribution in [0, 0.1) is 6.92 Å². The van der Waals surface area contributed by atoms with E-state index < -0.39 is 5.54 Å². The van der Waals surface area contributed by atoms with Crippen LogP contribution in [0.5, 0.6) is 5.75 Å². The van der Waals surface area contributed by atoms with Crippen LogP contribution in [0.15, 0.2) is 18.2 Å². The lowest BCUT2D eigenvalue weighted by Crippen LogP contribution is -2.51. The van der Waals surface area contributed by atoms with Crippen molar-refractivity contribution in [1.29, 1.82) is 0 Å². The fourth-order valence-electron chi connectivity index (χ4n) is 2.33. The Morgan fingerprint density at radius 1 is 1.38 bits per heavy atom. The van der Waals surface area contributed by atoms with Crippen LogP contribution >= 0.6 is 0 Å². The van der Waals surface area contributed by atoms with Gasteiger partial charge in [-0.05, 0) is 46.2 Å². The van der Waals surface area contributed by atoms with Crippen molar-refractivity contribution < 1.29 is 14.3 Å². The van der Waals surface area contributed by atoms with Crippen LogP contribution in [0.1, 0.15) is 45.2 Å². The lowest BCUT2D eigenvalue weighted by Gasteiger charge is -2.33. The number of nitrogens with one attached hydrogen (secondary N) is 1. The van der Waals surface area contributed by atoms with E-state index in [0.717, 1.165) is 17.5 Å². The largest absolute Gasteiger partial charge is 0.496 e. The summed E-state index contributed by atoms with van der Waals surface area (Å²) in [7, 11) is 1.61. The number of benzene rings is 1. The zero-order valence-corrected chi connectivity index (χ0v) is 13.9. The summed E-state index contributed by atoms with van der Waals surface area (Å²) in [5, 5.41) is 3.39. The lowest BCUT2D eigenvalue weighted by atomic mass is 9.88. The van der Waals surface area contributed by atoms with E-state index in [1.807, 2.05) is 39.0 Å². The predicted molar refractivity (Wildman–Crippen MR) is 84.6 cm³/mol. The molecule has 1 aromatic carbocycles. The standard InChI is InChI=1S/C17H27NO3/c1-7-13(4)18-17(5,16(19)21-8-2)14-11-12(3)9-10-15(14)20-6/h9-11,13,18H,7-8H2,1-6H3. The van der Waals surface area contributed by atoms with Gasteiger partial charge in [0.05, 0.1) is 13.7 Å². The van der Waals surface area contributed by atoms with E-state index in [0.29, 0.717) is 12.4 Å². The van der Waals surface area contributed by atoms with Crippen molar-refractivity contribution >= 4 is 5.97 Å². The van der Waals surface area contributed by atoms with Crippen molar-refractivity contribution in [2.24, 2.45) is 0 Å². The molecule has 2 atom stereocenters. The van der Waals surface area contributed by atoms with Crippen LogP contribution in [0.4, 0.5) is 0 Å². The minimum Gasteiger partial charge on any atom is -0.496 e. The molecule has 0 saturated heterocycles. The second-order valence-electron chi connectivity index (χ2n) is 5.50. The van der Waals surface area contributed by atoms with Gasteiger partial charge < -0.3 is 9.47 Å². The highest BCUT2D eigenvalue weighted by atomic mass is 16.5. The van der Waals surface area contributed by atoms with Crippen molar-refractivity contribution in [3.8, 4) is 5.75 Å². The van der Waals surface area contributed by atoms with Crippen molar-refractivity contribution in [1.82, 2.24) is 5.32 Å². The van der Waals surface area contributed by atoms with Gasteiger partial charge in [0.1, 0.15) is 11.3 Å². The molecule has 1 N–H and O–H groups in total. The van der Waals surface area contributed by atoms with E-state index in [1.165, 1.54) is 0 Å². The van der Waals surface area contributed by atoms with E-state index in [1.54, 1.807) is 7.11 Å². The van der Waals surface area contributed by atoms with E-state index in [2.05, 4.69) is 19.2 Å². The summed E-state index contributed by atoms with van der Waals surface area (Å²) in [4.78, 5) is 12.6. The zero-order valence-electron chi connectivity index (χ0n) is 13.9. The summed E-state index contributed by atoms with van der Waals surface area (Å²) in [5.41, 5.74) is 0.957. The molecular formula is C17H27NO3. The van der Waals surface area contributed by atoms with Crippen LogP contribution < -0.4 is 10.1 Å². The first-order valence-corrected chi connectivity index (χ1v) is 7.49. The molecule has 0 bridgehead atoms. The summed E-state index contributed by atoms with van der Waals surface area (Å²) in [6, 6.07) is 6.02. The maximum Gasteiger partial charge on any atom is 0.330 e. The minimum atomic E-state index is -0.928. The van der Waals surface area contributed by atoms with Gasteiger partial charge in [-0.1, -0.05) is 18.6 Å². The van der Waals surface area contributed by atoms with Crippen LogP contribution in [0.2, 0.25) is 0 Å². The molecule has 0 saturated carbocycles. The van der Waals surface area contributed by atoms with Gasteiger partial charge in [-0.15, -0.1) is 0 Å². The second-order valence-corrected chi connectivity index (χ2v) is 5.50. The minimum absolute atomic E-state index is 0.185. The van der Waals surface area contributed by atoms with Gasteiger partial charge >= 0.3 is 5.97 Å². The first-order valence-electron chi connectivity index (χ1n) is 7.49.